The van der Waals surface area contributed by atoms with E-state index >= 15 is 0 Å². The molecule has 0 spiro atoms. The predicted molar refractivity (Wildman–Crippen MR) is 114 cm³/mol. The predicted octanol–water partition coefficient (Wildman–Crippen LogP) is 4.32. The number of nitrogens with one attached hydrogen (secondary N) is 1. The number of carbonyl (C=O) groups excluding carboxylic acids is 1. The van der Waals surface area contributed by atoms with Gasteiger partial charge in [-0.25, -0.2) is 4.98 Å². The smallest absolute Gasteiger partial charge is 0.244 e. The minimum absolute atomic E-state index is 0.168. The van der Waals surface area contributed by atoms with Crippen molar-refractivity contribution in [3.63, 3.8) is 0 Å². The molecule has 1 aliphatic carbocycles. The zero-order valence-corrected chi connectivity index (χ0v) is 17.9. The van der Waals surface area contributed by atoms with Crippen molar-refractivity contribution in [1.82, 2.24) is 20.4 Å². The van der Waals surface area contributed by atoms with Gasteiger partial charge in [-0.1, -0.05) is 30.1 Å². The summed E-state index contributed by atoms with van der Waals surface area (Å²) in [6, 6.07) is 7.60. The quantitative estimate of drug-likeness (QED) is 0.568. The van der Waals surface area contributed by atoms with Crippen LogP contribution in [0.1, 0.15) is 53.7 Å². The number of aryl methyl sites for hydroxylation is 2. The van der Waals surface area contributed by atoms with Gasteiger partial charge in [-0.15, -0.1) is 11.3 Å². The van der Waals surface area contributed by atoms with E-state index in [1.54, 1.807) is 30.4 Å². The Balaban J connectivity index is 1.35. The number of hydrogen-bond acceptors (Lipinski definition) is 7. The summed E-state index contributed by atoms with van der Waals surface area (Å²) in [6.45, 7) is 4.18. The number of aromatic nitrogens is 3. The lowest BCUT2D eigenvalue weighted by molar-refractivity contribution is -0.118. The molecular formula is C22H24N4O3S. The molecule has 4 rings (SSSR count). The van der Waals surface area contributed by atoms with E-state index in [0.717, 1.165) is 47.7 Å². The highest BCUT2D eigenvalue weighted by molar-refractivity contribution is 7.09. The molecule has 2 aromatic heterocycles. The fourth-order valence-corrected chi connectivity index (χ4v) is 4.23. The molecular weight excluding hydrogens is 400 g/mol. The van der Waals surface area contributed by atoms with Crippen LogP contribution in [0.15, 0.2) is 40.2 Å². The molecule has 2 heterocycles. The number of rotatable bonds is 7. The molecule has 3 aromatic rings. The Kier molecular flexibility index (Phi) is 5.94. The Hall–Kier alpha value is -3.00. The van der Waals surface area contributed by atoms with Gasteiger partial charge >= 0.3 is 0 Å². The lowest BCUT2D eigenvalue weighted by Crippen LogP contribution is -2.44. The van der Waals surface area contributed by atoms with E-state index in [-0.39, 0.29) is 5.91 Å². The maximum Gasteiger partial charge on any atom is 0.244 e. The third-order valence-electron chi connectivity index (χ3n) is 5.14. The molecule has 1 amide bonds. The molecule has 0 saturated heterocycles. The van der Waals surface area contributed by atoms with Crippen LogP contribution in [0.25, 0.3) is 6.08 Å². The second-order valence-electron chi connectivity index (χ2n) is 7.46. The number of amides is 1. The molecule has 1 fully saturated rings. The van der Waals surface area contributed by atoms with Crippen molar-refractivity contribution in [2.45, 2.75) is 51.7 Å². The first-order valence-electron chi connectivity index (χ1n) is 9.97. The van der Waals surface area contributed by atoms with Gasteiger partial charge in [-0.2, -0.15) is 4.98 Å². The van der Waals surface area contributed by atoms with Crippen molar-refractivity contribution in [1.29, 1.82) is 0 Å². The summed E-state index contributed by atoms with van der Waals surface area (Å²) in [4.78, 5) is 21.3. The van der Waals surface area contributed by atoms with Gasteiger partial charge in [0.2, 0.25) is 11.8 Å². The SMILES string of the molecule is Cc1nc(C2(NC(=O)/C=C/c3ccc(OCc4csc(C)n4)cc3)CCCC2)no1. The molecule has 7 nitrogen and oxygen atoms in total. The van der Waals surface area contributed by atoms with Crippen LogP contribution in [0.2, 0.25) is 0 Å². The monoisotopic (exact) mass is 424 g/mol. The van der Waals surface area contributed by atoms with Crippen LogP contribution in [-0.2, 0) is 16.9 Å². The van der Waals surface area contributed by atoms with Gasteiger partial charge in [0.15, 0.2) is 5.82 Å². The zero-order chi connectivity index (χ0) is 21.0. The average molecular weight is 425 g/mol. The second-order valence-corrected chi connectivity index (χ2v) is 8.53. The number of benzene rings is 1. The maximum absolute atomic E-state index is 12.6. The van der Waals surface area contributed by atoms with Crippen LogP contribution < -0.4 is 10.1 Å². The standard InChI is InChI=1S/C22H24N4O3S/c1-15-23-21(26-29-15)22(11-3-4-12-22)25-20(27)10-7-17-5-8-19(9-6-17)28-13-18-14-30-16(2)24-18/h5-10,14H,3-4,11-13H2,1-2H3,(H,25,27)/b10-7+. The highest BCUT2D eigenvalue weighted by atomic mass is 32.1. The summed E-state index contributed by atoms with van der Waals surface area (Å²) in [5.41, 5.74) is 1.30. The van der Waals surface area contributed by atoms with E-state index in [9.17, 15) is 4.79 Å². The number of thiazole rings is 1. The fourth-order valence-electron chi connectivity index (χ4n) is 3.63. The van der Waals surface area contributed by atoms with Crippen LogP contribution in [0, 0.1) is 13.8 Å². The van der Waals surface area contributed by atoms with E-state index < -0.39 is 5.54 Å². The van der Waals surface area contributed by atoms with Gasteiger partial charge in [0.25, 0.3) is 0 Å². The zero-order valence-electron chi connectivity index (χ0n) is 17.1. The molecule has 0 unspecified atom stereocenters. The van der Waals surface area contributed by atoms with Crippen LogP contribution in [0.4, 0.5) is 0 Å². The lowest BCUT2D eigenvalue weighted by Gasteiger charge is -2.25. The molecule has 0 bridgehead atoms. The third-order valence-corrected chi connectivity index (χ3v) is 5.96. The Labute approximate surface area is 179 Å². The van der Waals surface area contributed by atoms with Gasteiger partial charge in [0.05, 0.1) is 10.7 Å². The minimum atomic E-state index is -0.537. The molecule has 1 aromatic carbocycles. The summed E-state index contributed by atoms with van der Waals surface area (Å²) in [6.07, 6.45) is 7.01. The number of carbonyl (C=O) groups is 1. The number of nitrogens with zero attached hydrogens (tertiary/aromatic N) is 3. The van der Waals surface area contributed by atoms with Crippen LogP contribution >= 0.6 is 11.3 Å². The van der Waals surface area contributed by atoms with E-state index in [1.807, 2.05) is 36.6 Å². The summed E-state index contributed by atoms with van der Waals surface area (Å²) >= 11 is 1.61. The highest BCUT2D eigenvalue weighted by Crippen LogP contribution is 2.37. The van der Waals surface area contributed by atoms with E-state index in [1.165, 1.54) is 0 Å². The van der Waals surface area contributed by atoms with Crippen LogP contribution in [-0.4, -0.2) is 21.0 Å². The van der Waals surface area contributed by atoms with Crippen molar-refractivity contribution in [3.05, 3.63) is 63.7 Å². The lowest BCUT2D eigenvalue weighted by atomic mass is 9.96. The summed E-state index contributed by atoms with van der Waals surface area (Å²) in [5.74, 6) is 1.67. The molecule has 1 N–H and O–H groups in total. The van der Waals surface area contributed by atoms with Crippen molar-refractivity contribution in [2.75, 3.05) is 0 Å². The molecule has 0 aliphatic heterocycles. The Morgan fingerprint density at radius 2 is 2.00 bits per heavy atom. The average Bonchev–Trinajstić information content (AvgIpc) is 3.48. The van der Waals surface area contributed by atoms with Crippen molar-refractivity contribution >= 4 is 23.3 Å². The molecule has 8 heteroatoms. The fraction of sp³-hybridized carbons (Fsp3) is 0.364. The van der Waals surface area contributed by atoms with Crippen molar-refractivity contribution < 1.29 is 14.1 Å². The van der Waals surface area contributed by atoms with E-state index in [0.29, 0.717) is 18.3 Å². The largest absolute Gasteiger partial charge is 0.487 e. The topological polar surface area (TPSA) is 90.1 Å². The normalized spacial score (nSPS) is 15.5. The Morgan fingerprint density at radius 1 is 1.23 bits per heavy atom. The first-order valence-corrected chi connectivity index (χ1v) is 10.9. The first kappa shape index (κ1) is 20.3. The van der Waals surface area contributed by atoms with Crippen molar-refractivity contribution in [3.8, 4) is 5.75 Å². The van der Waals surface area contributed by atoms with Gasteiger partial charge in [-0.3, -0.25) is 4.79 Å². The summed E-state index contributed by atoms with van der Waals surface area (Å²) in [7, 11) is 0. The molecule has 1 aliphatic rings. The number of hydrogen-bond donors (Lipinski definition) is 1. The van der Waals surface area contributed by atoms with E-state index in [4.69, 9.17) is 9.26 Å². The van der Waals surface area contributed by atoms with Crippen molar-refractivity contribution in [2.24, 2.45) is 0 Å². The van der Waals surface area contributed by atoms with Gasteiger partial charge in [-0.05, 0) is 43.5 Å². The Bertz CT molecular complexity index is 1030. The van der Waals surface area contributed by atoms with Gasteiger partial charge < -0.3 is 14.6 Å². The highest BCUT2D eigenvalue weighted by Gasteiger charge is 2.40. The second kappa shape index (κ2) is 8.79. The van der Waals surface area contributed by atoms with Crippen LogP contribution in [0.5, 0.6) is 5.75 Å². The molecule has 0 atom stereocenters. The summed E-state index contributed by atoms with van der Waals surface area (Å²) < 4.78 is 10.9. The Morgan fingerprint density at radius 3 is 2.63 bits per heavy atom. The molecule has 0 radical (unpaired) electrons. The molecule has 30 heavy (non-hydrogen) atoms. The van der Waals surface area contributed by atoms with Gasteiger partial charge in [0, 0.05) is 18.4 Å². The number of ether oxygens (including phenoxy) is 1. The summed E-state index contributed by atoms with van der Waals surface area (Å²) in [5, 5.41) is 10.2. The van der Waals surface area contributed by atoms with Gasteiger partial charge in [0.1, 0.15) is 17.9 Å². The third kappa shape index (κ3) is 4.76. The maximum atomic E-state index is 12.6. The molecule has 156 valence electrons. The molecule has 1 saturated carbocycles. The van der Waals surface area contributed by atoms with E-state index in [2.05, 4.69) is 20.4 Å². The van der Waals surface area contributed by atoms with Crippen LogP contribution in [0.3, 0.4) is 0 Å². The first-order chi connectivity index (χ1) is 14.5. The minimum Gasteiger partial charge on any atom is -0.487 e.